The van der Waals surface area contributed by atoms with Crippen LogP contribution in [0.4, 0.5) is 4.39 Å². The third kappa shape index (κ3) is 6.69. The van der Waals surface area contributed by atoms with Crippen LogP contribution in [0.25, 0.3) is 0 Å². The third-order valence-electron chi connectivity index (χ3n) is 5.27. The Labute approximate surface area is 158 Å². The van der Waals surface area contributed by atoms with Crippen LogP contribution in [-0.4, -0.2) is 28.0 Å². The van der Waals surface area contributed by atoms with Gasteiger partial charge in [-0.05, 0) is 42.6 Å². The van der Waals surface area contributed by atoms with E-state index >= 15 is 0 Å². The van der Waals surface area contributed by atoms with Crippen molar-refractivity contribution in [3.63, 3.8) is 0 Å². The first-order valence-electron chi connectivity index (χ1n) is 9.26. The Morgan fingerprint density at radius 1 is 1.27 bits per heavy atom. The molecule has 0 bridgehead atoms. The third-order valence-corrected chi connectivity index (χ3v) is 9.66. The molecule has 1 aromatic carbocycles. The fourth-order valence-corrected chi connectivity index (χ4v) is 4.77. The predicted octanol–water partition coefficient (Wildman–Crippen LogP) is 5.67. The van der Waals surface area contributed by atoms with Crippen LogP contribution in [0, 0.1) is 5.92 Å². The molecule has 0 radical (unpaired) electrons. The molecule has 0 aliphatic heterocycles. The van der Waals surface area contributed by atoms with Gasteiger partial charge >= 0.3 is 5.97 Å². The zero-order chi connectivity index (χ0) is 19.8. The van der Waals surface area contributed by atoms with Crippen molar-refractivity contribution >= 4 is 14.3 Å². The standard InChI is InChI=1S/C21H33FO3Si/c1-7-13-21(2,3)26(5,6)25-16-18(15-19(22)20(23)24-4)14-17-11-9-8-10-12-17/h8-12,15,18H,7,13-14,16H2,1-6H3/b19-15-/t18-/m1/s1. The minimum atomic E-state index is -1.99. The predicted molar refractivity (Wildman–Crippen MR) is 107 cm³/mol. The average Bonchev–Trinajstić information content (AvgIpc) is 2.59. The normalized spacial score (nSPS) is 14.2. The molecule has 0 saturated heterocycles. The van der Waals surface area contributed by atoms with Gasteiger partial charge in [-0.3, -0.25) is 0 Å². The molecule has 0 aliphatic carbocycles. The SMILES string of the molecule is CCCC(C)(C)[Si](C)(C)OC[C@@H](/C=C(\F)C(=O)OC)Cc1ccccc1. The highest BCUT2D eigenvalue weighted by Gasteiger charge is 2.40. The van der Waals surface area contributed by atoms with Crippen molar-refractivity contribution in [2.45, 2.75) is 58.2 Å². The van der Waals surface area contributed by atoms with E-state index in [1.807, 2.05) is 30.3 Å². The van der Waals surface area contributed by atoms with Crippen LogP contribution >= 0.6 is 0 Å². The van der Waals surface area contributed by atoms with Crippen molar-refractivity contribution in [2.75, 3.05) is 13.7 Å². The zero-order valence-corrected chi connectivity index (χ0v) is 18.0. The molecule has 0 amide bonds. The number of methoxy groups -OCH3 is 1. The van der Waals surface area contributed by atoms with E-state index in [9.17, 15) is 9.18 Å². The fraction of sp³-hybridized carbons (Fsp3) is 0.571. The van der Waals surface area contributed by atoms with Crippen LogP contribution < -0.4 is 0 Å². The highest BCUT2D eigenvalue weighted by atomic mass is 28.4. The minimum Gasteiger partial charge on any atom is -0.464 e. The molecule has 1 rings (SSSR count). The summed E-state index contributed by atoms with van der Waals surface area (Å²) >= 11 is 0. The quantitative estimate of drug-likeness (QED) is 0.298. The van der Waals surface area contributed by atoms with Crippen LogP contribution in [0.5, 0.6) is 0 Å². The van der Waals surface area contributed by atoms with E-state index in [4.69, 9.17) is 4.43 Å². The van der Waals surface area contributed by atoms with Crippen molar-refractivity contribution in [3.8, 4) is 0 Å². The Bertz CT molecular complexity index is 597. The lowest BCUT2D eigenvalue weighted by Crippen LogP contribution is -2.43. The van der Waals surface area contributed by atoms with Crippen LogP contribution in [0.3, 0.4) is 0 Å². The van der Waals surface area contributed by atoms with Gasteiger partial charge in [0.25, 0.3) is 0 Å². The van der Waals surface area contributed by atoms with Gasteiger partial charge in [-0.1, -0.05) is 57.5 Å². The molecule has 1 aromatic rings. The fourth-order valence-electron chi connectivity index (χ4n) is 2.89. The molecule has 0 unspecified atom stereocenters. The molecule has 5 heteroatoms. The highest BCUT2D eigenvalue weighted by Crippen LogP contribution is 2.42. The lowest BCUT2D eigenvalue weighted by Gasteiger charge is -2.40. The van der Waals surface area contributed by atoms with Gasteiger partial charge in [-0.25, -0.2) is 4.79 Å². The number of hydrogen-bond donors (Lipinski definition) is 0. The number of ether oxygens (including phenoxy) is 1. The van der Waals surface area contributed by atoms with Crippen LogP contribution in [0.1, 0.15) is 39.2 Å². The molecule has 26 heavy (non-hydrogen) atoms. The Balaban J connectivity index is 2.93. The highest BCUT2D eigenvalue weighted by molar-refractivity contribution is 6.74. The summed E-state index contributed by atoms with van der Waals surface area (Å²) in [5.74, 6) is -2.02. The summed E-state index contributed by atoms with van der Waals surface area (Å²) in [7, 11) is -0.804. The number of hydrogen-bond acceptors (Lipinski definition) is 3. The second-order valence-electron chi connectivity index (χ2n) is 7.91. The molecular weight excluding hydrogens is 347 g/mol. The Hall–Kier alpha value is -1.46. The number of carbonyl (C=O) groups excluding carboxylic acids is 1. The maximum atomic E-state index is 14.1. The lowest BCUT2D eigenvalue weighted by molar-refractivity contribution is -0.137. The van der Waals surface area contributed by atoms with Crippen molar-refractivity contribution in [1.29, 1.82) is 0 Å². The van der Waals surface area contributed by atoms with Gasteiger partial charge in [0.05, 0.1) is 7.11 Å². The number of esters is 1. The molecule has 146 valence electrons. The molecule has 0 spiro atoms. The van der Waals surface area contributed by atoms with E-state index < -0.39 is 20.1 Å². The van der Waals surface area contributed by atoms with Gasteiger partial charge in [0, 0.05) is 12.5 Å². The van der Waals surface area contributed by atoms with Crippen LogP contribution in [-0.2, 0) is 20.4 Å². The summed E-state index contributed by atoms with van der Waals surface area (Å²) in [5, 5.41) is 0.129. The van der Waals surface area contributed by atoms with Crippen molar-refractivity contribution in [2.24, 2.45) is 5.92 Å². The maximum Gasteiger partial charge on any atom is 0.366 e. The van der Waals surface area contributed by atoms with Crippen LogP contribution in [0.2, 0.25) is 18.1 Å². The number of rotatable bonds is 10. The van der Waals surface area contributed by atoms with E-state index in [-0.39, 0.29) is 11.0 Å². The van der Waals surface area contributed by atoms with E-state index in [0.29, 0.717) is 13.0 Å². The second kappa shape index (κ2) is 10.0. The summed E-state index contributed by atoms with van der Waals surface area (Å²) in [5.41, 5.74) is 1.09. The first kappa shape index (κ1) is 22.6. The van der Waals surface area contributed by atoms with Gasteiger partial charge in [-0.2, -0.15) is 4.39 Å². The van der Waals surface area contributed by atoms with Gasteiger partial charge < -0.3 is 9.16 Å². The van der Waals surface area contributed by atoms with Gasteiger partial charge in [0.1, 0.15) is 0 Å². The first-order valence-corrected chi connectivity index (χ1v) is 12.2. The number of halogens is 1. The smallest absolute Gasteiger partial charge is 0.366 e. The Morgan fingerprint density at radius 3 is 2.42 bits per heavy atom. The van der Waals surface area contributed by atoms with E-state index in [1.165, 1.54) is 13.2 Å². The molecule has 0 heterocycles. The van der Waals surface area contributed by atoms with Crippen molar-refractivity contribution < 1.29 is 18.3 Å². The number of benzene rings is 1. The average molecular weight is 381 g/mol. The van der Waals surface area contributed by atoms with Gasteiger partial charge in [-0.15, -0.1) is 0 Å². The van der Waals surface area contributed by atoms with Crippen molar-refractivity contribution in [3.05, 3.63) is 47.8 Å². The van der Waals surface area contributed by atoms with Gasteiger partial charge in [0.2, 0.25) is 5.83 Å². The Kier molecular flexibility index (Phi) is 8.70. The summed E-state index contributed by atoms with van der Waals surface area (Å²) in [6, 6.07) is 9.86. The largest absolute Gasteiger partial charge is 0.464 e. The van der Waals surface area contributed by atoms with Gasteiger partial charge in [0.15, 0.2) is 8.32 Å². The van der Waals surface area contributed by atoms with E-state index in [0.717, 1.165) is 18.4 Å². The topological polar surface area (TPSA) is 35.5 Å². The first-order chi connectivity index (χ1) is 12.1. The lowest BCUT2D eigenvalue weighted by atomic mass is 9.99. The summed E-state index contributed by atoms with van der Waals surface area (Å²) in [4.78, 5) is 11.4. The summed E-state index contributed by atoms with van der Waals surface area (Å²) < 4.78 is 24.9. The van der Waals surface area contributed by atoms with Crippen LogP contribution in [0.15, 0.2) is 42.2 Å². The molecular formula is C21H33FO3Si. The molecule has 1 atom stereocenters. The summed E-state index contributed by atoms with van der Waals surface area (Å²) in [6.45, 7) is 11.5. The molecule has 0 aromatic heterocycles. The van der Waals surface area contributed by atoms with Crippen molar-refractivity contribution in [1.82, 2.24) is 0 Å². The van der Waals surface area contributed by atoms with E-state index in [2.05, 4.69) is 38.6 Å². The summed E-state index contributed by atoms with van der Waals surface area (Å²) in [6.07, 6.45) is 4.17. The minimum absolute atomic E-state index is 0.129. The molecule has 0 fully saturated rings. The molecule has 0 saturated carbocycles. The van der Waals surface area contributed by atoms with E-state index in [1.54, 1.807) is 0 Å². The maximum absolute atomic E-state index is 14.1. The molecule has 3 nitrogen and oxygen atoms in total. The number of carbonyl (C=O) groups is 1. The second-order valence-corrected chi connectivity index (χ2v) is 12.6. The monoisotopic (exact) mass is 380 g/mol. The molecule has 0 aliphatic rings. The Morgan fingerprint density at radius 2 is 1.88 bits per heavy atom. The zero-order valence-electron chi connectivity index (χ0n) is 17.0. The molecule has 0 N–H and O–H groups in total.